The van der Waals surface area contributed by atoms with Crippen molar-refractivity contribution in [2.24, 2.45) is 0 Å². The molecule has 0 radical (unpaired) electrons. The fourth-order valence-corrected chi connectivity index (χ4v) is 4.06. The van der Waals surface area contributed by atoms with Crippen molar-refractivity contribution in [1.82, 2.24) is 4.98 Å². The molecular weight excluding hydrogens is 460 g/mol. The molecule has 1 amide bonds. The van der Waals surface area contributed by atoms with E-state index in [1.807, 2.05) is 31.2 Å². The predicted molar refractivity (Wildman–Crippen MR) is 139 cm³/mol. The number of carbonyl (C=O) groups excluding carboxylic acids is 1. The topological polar surface area (TPSA) is 90.1 Å². The fourth-order valence-electron chi connectivity index (χ4n) is 4.06. The van der Waals surface area contributed by atoms with Gasteiger partial charge in [0.05, 0.1) is 35.0 Å². The molecule has 0 aliphatic heterocycles. The Hall–Kier alpha value is -4.46. The molecule has 1 N–H and O–H groups in total. The van der Waals surface area contributed by atoms with Crippen LogP contribution in [0.25, 0.3) is 10.9 Å². The largest absolute Gasteiger partial charge is 0.497 e. The summed E-state index contributed by atoms with van der Waals surface area (Å²) >= 11 is 0. The number of hydrogen-bond donors (Lipinski definition) is 1. The second-order valence-electron chi connectivity index (χ2n) is 8.22. The molecule has 0 bridgehead atoms. The maximum absolute atomic E-state index is 13.9. The Kier molecular flexibility index (Phi) is 7.15. The number of anilines is 1. The van der Waals surface area contributed by atoms with Crippen molar-refractivity contribution < 1.29 is 23.7 Å². The van der Waals surface area contributed by atoms with Crippen LogP contribution in [0.5, 0.6) is 23.0 Å². The molecule has 1 aromatic heterocycles. The van der Waals surface area contributed by atoms with Gasteiger partial charge in [-0.1, -0.05) is 11.6 Å². The number of pyridine rings is 1. The number of rotatable bonds is 8. The van der Waals surface area contributed by atoms with Gasteiger partial charge in [0.1, 0.15) is 5.75 Å². The van der Waals surface area contributed by atoms with E-state index in [0.717, 1.165) is 16.5 Å². The Morgan fingerprint density at radius 1 is 0.833 bits per heavy atom. The summed E-state index contributed by atoms with van der Waals surface area (Å²) in [6.45, 7) is 2.03. The van der Waals surface area contributed by atoms with Crippen molar-refractivity contribution in [3.05, 3.63) is 87.7 Å². The normalized spacial score (nSPS) is 10.7. The number of ether oxygens (including phenoxy) is 4. The molecule has 4 rings (SSSR count). The fraction of sp³-hybridized carbons (Fsp3) is 0.214. The van der Waals surface area contributed by atoms with Crippen LogP contribution in [0.15, 0.2) is 65.5 Å². The third kappa shape index (κ3) is 4.84. The third-order valence-electron chi connectivity index (χ3n) is 5.95. The van der Waals surface area contributed by atoms with Gasteiger partial charge in [-0.3, -0.25) is 9.59 Å². The van der Waals surface area contributed by atoms with E-state index in [1.165, 1.54) is 26.2 Å². The maximum Gasteiger partial charge on any atom is 0.258 e. The number of methoxy groups -OCH3 is 4. The first kappa shape index (κ1) is 24.7. The average Bonchev–Trinajstić information content (AvgIpc) is 2.90. The summed E-state index contributed by atoms with van der Waals surface area (Å²) in [6, 6.07) is 17.9. The highest BCUT2D eigenvalue weighted by atomic mass is 16.5. The molecule has 0 saturated carbocycles. The highest BCUT2D eigenvalue weighted by Crippen LogP contribution is 2.39. The average molecular weight is 489 g/mol. The number of aryl methyl sites for hydroxylation is 1. The lowest BCUT2D eigenvalue weighted by Gasteiger charge is -2.24. The first-order valence-electron chi connectivity index (χ1n) is 11.3. The number of fused-ring (bicyclic) bond motifs is 1. The number of hydrogen-bond acceptors (Lipinski definition) is 6. The zero-order valence-corrected chi connectivity index (χ0v) is 20.9. The smallest absolute Gasteiger partial charge is 0.258 e. The van der Waals surface area contributed by atoms with Gasteiger partial charge < -0.3 is 28.8 Å². The molecule has 36 heavy (non-hydrogen) atoms. The molecule has 1 heterocycles. The number of nitrogens with one attached hydrogen (secondary N) is 1. The molecule has 0 unspecified atom stereocenters. The van der Waals surface area contributed by atoms with Crippen LogP contribution in [-0.4, -0.2) is 39.3 Å². The van der Waals surface area contributed by atoms with Gasteiger partial charge in [0.25, 0.3) is 11.5 Å². The van der Waals surface area contributed by atoms with Crippen molar-refractivity contribution in [3.63, 3.8) is 0 Å². The minimum Gasteiger partial charge on any atom is -0.497 e. The predicted octanol–water partition coefficient (Wildman–Crippen LogP) is 4.72. The summed E-state index contributed by atoms with van der Waals surface area (Å²) < 4.78 is 21.5. The van der Waals surface area contributed by atoms with Gasteiger partial charge in [-0.2, -0.15) is 0 Å². The van der Waals surface area contributed by atoms with E-state index in [-0.39, 0.29) is 18.0 Å². The highest BCUT2D eigenvalue weighted by molar-refractivity contribution is 6.07. The number of aromatic nitrogens is 1. The lowest BCUT2D eigenvalue weighted by atomic mass is 10.1. The Bertz CT molecular complexity index is 1430. The number of amides is 1. The molecule has 0 fully saturated rings. The van der Waals surface area contributed by atoms with Crippen LogP contribution in [0.4, 0.5) is 5.69 Å². The van der Waals surface area contributed by atoms with Crippen molar-refractivity contribution in [2.75, 3.05) is 33.3 Å². The minimum atomic E-state index is -0.344. The monoisotopic (exact) mass is 488 g/mol. The molecule has 8 heteroatoms. The minimum absolute atomic E-state index is 0.0427. The van der Waals surface area contributed by atoms with E-state index in [0.29, 0.717) is 39.8 Å². The van der Waals surface area contributed by atoms with Gasteiger partial charge in [0.2, 0.25) is 5.75 Å². The lowest BCUT2D eigenvalue weighted by molar-refractivity contribution is 0.0984. The third-order valence-corrected chi connectivity index (χ3v) is 5.95. The van der Waals surface area contributed by atoms with E-state index in [9.17, 15) is 9.59 Å². The number of aromatic amines is 1. The summed E-state index contributed by atoms with van der Waals surface area (Å²) in [5, 5.41) is 0.888. The molecule has 8 nitrogen and oxygen atoms in total. The van der Waals surface area contributed by atoms with Gasteiger partial charge in [-0.15, -0.1) is 0 Å². The Balaban J connectivity index is 1.82. The molecule has 4 aromatic rings. The molecule has 0 saturated heterocycles. The second-order valence-corrected chi connectivity index (χ2v) is 8.22. The quantitative estimate of drug-likeness (QED) is 0.386. The van der Waals surface area contributed by atoms with E-state index >= 15 is 0 Å². The molecule has 0 atom stereocenters. The number of benzene rings is 3. The van der Waals surface area contributed by atoms with E-state index in [1.54, 1.807) is 43.5 Å². The molecular formula is C28H28N2O6. The molecule has 0 spiro atoms. The van der Waals surface area contributed by atoms with Crippen LogP contribution >= 0.6 is 0 Å². The zero-order valence-electron chi connectivity index (χ0n) is 20.9. The summed E-state index contributed by atoms with van der Waals surface area (Å²) in [5.41, 5.74) is 2.90. The molecule has 186 valence electrons. The van der Waals surface area contributed by atoms with E-state index < -0.39 is 0 Å². The SMILES string of the molecule is COc1ccc(N(Cc2cc3cc(C)ccc3[nH]c2=O)C(=O)c2cc(OC)c(OC)c(OC)c2)cc1. The molecule has 0 aliphatic carbocycles. The Labute approximate surface area is 209 Å². The highest BCUT2D eigenvalue weighted by Gasteiger charge is 2.24. The van der Waals surface area contributed by atoms with Gasteiger partial charge in [-0.25, -0.2) is 0 Å². The van der Waals surface area contributed by atoms with Crippen LogP contribution in [0.1, 0.15) is 21.5 Å². The molecule has 3 aromatic carbocycles. The van der Waals surface area contributed by atoms with Gasteiger partial charge >= 0.3 is 0 Å². The summed E-state index contributed by atoms with van der Waals surface area (Å²) in [6.07, 6.45) is 0. The number of carbonyl (C=O) groups is 1. The van der Waals surface area contributed by atoms with Crippen molar-refractivity contribution >= 4 is 22.5 Å². The van der Waals surface area contributed by atoms with Crippen molar-refractivity contribution in [1.29, 1.82) is 0 Å². The second kappa shape index (κ2) is 10.4. The summed E-state index contributed by atoms with van der Waals surface area (Å²) in [5.74, 6) is 1.40. The lowest BCUT2D eigenvalue weighted by Crippen LogP contribution is -2.33. The Morgan fingerprint density at radius 3 is 2.08 bits per heavy atom. The first-order valence-corrected chi connectivity index (χ1v) is 11.3. The number of nitrogens with zero attached hydrogens (tertiary/aromatic N) is 1. The summed E-state index contributed by atoms with van der Waals surface area (Å²) in [4.78, 5) is 31.3. The van der Waals surface area contributed by atoms with Gasteiger partial charge in [0, 0.05) is 22.3 Å². The van der Waals surface area contributed by atoms with Crippen LogP contribution in [0.2, 0.25) is 0 Å². The number of H-pyrrole nitrogens is 1. The Morgan fingerprint density at radius 2 is 1.50 bits per heavy atom. The van der Waals surface area contributed by atoms with Crippen LogP contribution in [0, 0.1) is 6.92 Å². The van der Waals surface area contributed by atoms with Gasteiger partial charge in [-0.05, 0) is 66.9 Å². The zero-order chi connectivity index (χ0) is 25.8. The van der Waals surface area contributed by atoms with Crippen LogP contribution < -0.4 is 29.4 Å². The van der Waals surface area contributed by atoms with Crippen molar-refractivity contribution in [2.45, 2.75) is 13.5 Å². The van der Waals surface area contributed by atoms with Gasteiger partial charge in [0.15, 0.2) is 11.5 Å². The first-order chi connectivity index (χ1) is 17.4. The molecule has 0 aliphatic rings. The van der Waals surface area contributed by atoms with Crippen LogP contribution in [-0.2, 0) is 6.54 Å². The maximum atomic E-state index is 13.9. The standard InChI is InChI=1S/C28H28N2O6/c1-17-6-11-23-18(12-17)13-20(27(31)29-23)16-30(21-7-9-22(33-2)10-8-21)28(32)19-14-24(34-3)26(36-5)25(15-19)35-4/h6-15H,16H2,1-5H3,(H,29,31). The van der Waals surface area contributed by atoms with Crippen LogP contribution in [0.3, 0.4) is 0 Å². The van der Waals surface area contributed by atoms with Crippen molar-refractivity contribution in [3.8, 4) is 23.0 Å². The van der Waals surface area contributed by atoms with E-state index in [2.05, 4.69) is 4.98 Å². The summed E-state index contributed by atoms with van der Waals surface area (Å²) in [7, 11) is 6.05. The van der Waals surface area contributed by atoms with E-state index in [4.69, 9.17) is 18.9 Å².